The van der Waals surface area contributed by atoms with Gasteiger partial charge in [-0.3, -0.25) is 4.98 Å². The van der Waals surface area contributed by atoms with Crippen molar-refractivity contribution in [3.8, 4) is 5.75 Å². The molecule has 12 heavy (non-hydrogen) atoms. The number of pyridine rings is 1. The molecule has 0 saturated carbocycles. The van der Waals surface area contributed by atoms with Crippen LogP contribution >= 0.6 is 11.8 Å². The summed E-state index contributed by atoms with van der Waals surface area (Å²) in [5.41, 5.74) is 0. The molecule has 3 heteroatoms. The van der Waals surface area contributed by atoms with Gasteiger partial charge < -0.3 is 5.11 Å². The van der Waals surface area contributed by atoms with Gasteiger partial charge in [-0.15, -0.1) is 11.8 Å². The Labute approximate surface area is 77.0 Å². The van der Waals surface area contributed by atoms with Gasteiger partial charge in [0.15, 0.2) is 0 Å². The lowest BCUT2D eigenvalue weighted by atomic mass is 10.3. The molecule has 0 aliphatic heterocycles. The SMILES string of the molecule is CC(C)(C)Sc1cncc(O)c1. The van der Waals surface area contributed by atoms with Crippen molar-refractivity contribution in [2.75, 3.05) is 0 Å². The van der Waals surface area contributed by atoms with E-state index in [4.69, 9.17) is 5.11 Å². The number of aromatic nitrogens is 1. The third kappa shape index (κ3) is 3.13. The summed E-state index contributed by atoms with van der Waals surface area (Å²) in [7, 11) is 0. The fourth-order valence-corrected chi connectivity index (χ4v) is 1.82. The van der Waals surface area contributed by atoms with Crippen LogP contribution in [-0.2, 0) is 0 Å². The van der Waals surface area contributed by atoms with Gasteiger partial charge in [-0.1, -0.05) is 20.8 Å². The molecule has 0 unspecified atom stereocenters. The van der Waals surface area contributed by atoms with E-state index in [0.29, 0.717) is 0 Å². The normalized spacial score (nSPS) is 11.6. The van der Waals surface area contributed by atoms with Crippen LogP contribution in [0.25, 0.3) is 0 Å². The highest BCUT2D eigenvalue weighted by Crippen LogP contribution is 2.32. The highest BCUT2D eigenvalue weighted by Gasteiger charge is 2.12. The molecule has 0 aliphatic carbocycles. The molecule has 0 atom stereocenters. The summed E-state index contributed by atoms with van der Waals surface area (Å²) in [6.45, 7) is 6.38. The lowest BCUT2D eigenvalue weighted by molar-refractivity contribution is 0.471. The highest BCUT2D eigenvalue weighted by molar-refractivity contribution is 8.00. The van der Waals surface area contributed by atoms with Crippen molar-refractivity contribution in [3.63, 3.8) is 0 Å². The Kier molecular flexibility index (Phi) is 2.62. The Balaban J connectivity index is 2.77. The Hall–Kier alpha value is -0.700. The molecule has 1 rings (SSSR count). The van der Waals surface area contributed by atoms with Gasteiger partial charge >= 0.3 is 0 Å². The zero-order chi connectivity index (χ0) is 9.19. The maximum Gasteiger partial charge on any atom is 0.134 e. The minimum absolute atomic E-state index is 0.162. The Morgan fingerprint density at radius 1 is 1.33 bits per heavy atom. The van der Waals surface area contributed by atoms with E-state index in [2.05, 4.69) is 25.8 Å². The number of rotatable bonds is 1. The summed E-state index contributed by atoms with van der Waals surface area (Å²) < 4.78 is 0.162. The van der Waals surface area contributed by atoms with Crippen molar-refractivity contribution in [1.82, 2.24) is 4.98 Å². The molecule has 0 bridgehead atoms. The minimum atomic E-state index is 0.162. The van der Waals surface area contributed by atoms with E-state index >= 15 is 0 Å². The van der Waals surface area contributed by atoms with E-state index in [-0.39, 0.29) is 10.5 Å². The van der Waals surface area contributed by atoms with E-state index in [9.17, 15) is 0 Å². The van der Waals surface area contributed by atoms with Crippen LogP contribution in [0, 0.1) is 0 Å². The summed E-state index contributed by atoms with van der Waals surface area (Å²) in [4.78, 5) is 4.90. The minimum Gasteiger partial charge on any atom is -0.506 e. The molecule has 0 fully saturated rings. The van der Waals surface area contributed by atoms with E-state index in [1.54, 1.807) is 24.0 Å². The molecule has 0 aliphatic rings. The van der Waals surface area contributed by atoms with E-state index < -0.39 is 0 Å². The largest absolute Gasteiger partial charge is 0.506 e. The summed E-state index contributed by atoms with van der Waals surface area (Å²) >= 11 is 1.69. The van der Waals surface area contributed by atoms with Crippen molar-refractivity contribution < 1.29 is 5.11 Å². The van der Waals surface area contributed by atoms with E-state index in [1.807, 2.05) is 0 Å². The van der Waals surface area contributed by atoms with Crippen LogP contribution in [0.4, 0.5) is 0 Å². The van der Waals surface area contributed by atoms with Crippen molar-refractivity contribution in [2.24, 2.45) is 0 Å². The first-order valence-corrected chi connectivity index (χ1v) is 4.62. The maximum absolute atomic E-state index is 9.13. The van der Waals surface area contributed by atoms with Gasteiger partial charge in [-0.25, -0.2) is 0 Å². The Morgan fingerprint density at radius 3 is 2.50 bits per heavy atom. The molecule has 66 valence electrons. The van der Waals surface area contributed by atoms with Gasteiger partial charge in [0, 0.05) is 15.8 Å². The summed E-state index contributed by atoms with van der Waals surface area (Å²) in [5.74, 6) is 0.226. The van der Waals surface area contributed by atoms with Crippen molar-refractivity contribution in [1.29, 1.82) is 0 Å². The van der Waals surface area contributed by atoms with Crippen molar-refractivity contribution in [2.45, 2.75) is 30.4 Å². The molecule has 2 nitrogen and oxygen atoms in total. The molecule has 1 heterocycles. The predicted octanol–water partition coefficient (Wildman–Crippen LogP) is 2.68. The van der Waals surface area contributed by atoms with Gasteiger partial charge in [0.05, 0.1) is 6.20 Å². The van der Waals surface area contributed by atoms with E-state index in [0.717, 1.165) is 4.90 Å². The van der Waals surface area contributed by atoms with Gasteiger partial charge in [0.2, 0.25) is 0 Å². The van der Waals surface area contributed by atoms with Crippen LogP contribution in [0.1, 0.15) is 20.8 Å². The van der Waals surface area contributed by atoms with Crippen LogP contribution in [0.5, 0.6) is 5.75 Å². The fraction of sp³-hybridized carbons (Fsp3) is 0.444. The molecule has 0 radical (unpaired) electrons. The topological polar surface area (TPSA) is 33.1 Å². The number of aromatic hydroxyl groups is 1. The molecule has 0 spiro atoms. The van der Waals surface area contributed by atoms with Gasteiger partial charge in [0.1, 0.15) is 5.75 Å². The summed E-state index contributed by atoms with van der Waals surface area (Å²) in [6.07, 6.45) is 3.20. The number of hydrogen-bond acceptors (Lipinski definition) is 3. The molecule has 0 aromatic carbocycles. The van der Waals surface area contributed by atoms with Crippen molar-refractivity contribution in [3.05, 3.63) is 18.5 Å². The lowest BCUT2D eigenvalue weighted by Gasteiger charge is -2.16. The third-order valence-corrected chi connectivity index (χ3v) is 2.19. The smallest absolute Gasteiger partial charge is 0.134 e. The van der Waals surface area contributed by atoms with Crippen LogP contribution in [0.15, 0.2) is 23.4 Å². The number of nitrogens with zero attached hydrogens (tertiary/aromatic N) is 1. The lowest BCUT2D eigenvalue weighted by Crippen LogP contribution is -2.06. The van der Waals surface area contributed by atoms with Crippen molar-refractivity contribution >= 4 is 11.8 Å². The fourth-order valence-electron chi connectivity index (χ4n) is 0.817. The number of hydrogen-bond donors (Lipinski definition) is 1. The Bertz CT molecular complexity index is 267. The standard InChI is InChI=1S/C9H13NOS/c1-9(2,3)12-8-4-7(11)5-10-6-8/h4-6,11H,1-3H3. The van der Waals surface area contributed by atoms with E-state index in [1.165, 1.54) is 6.20 Å². The van der Waals surface area contributed by atoms with Gasteiger partial charge in [-0.2, -0.15) is 0 Å². The number of thioether (sulfide) groups is 1. The molecule has 1 N–H and O–H groups in total. The monoisotopic (exact) mass is 183 g/mol. The van der Waals surface area contributed by atoms with Gasteiger partial charge in [-0.05, 0) is 6.07 Å². The molecule has 0 saturated heterocycles. The van der Waals surface area contributed by atoms with Gasteiger partial charge in [0.25, 0.3) is 0 Å². The summed E-state index contributed by atoms with van der Waals surface area (Å²) in [5, 5.41) is 9.13. The first-order chi connectivity index (χ1) is 5.47. The highest BCUT2D eigenvalue weighted by atomic mass is 32.2. The maximum atomic E-state index is 9.13. The van der Waals surface area contributed by atoms with Crippen LogP contribution < -0.4 is 0 Å². The first-order valence-electron chi connectivity index (χ1n) is 3.80. The quantitative estimate of drug-likeness (QED) is 0.679. The molecular weight excluding hydrogens is 170 g/mol. The Morgan fingerprint density at radius 2 is 2.00 bits per heavy atom. The van der Waals surface area contributed by atoms with Crippen LogP contribution in [-0.4, -0.2) is 14.8 Å². The molecule has 0 amide bonds. The second-order valence-corrected chi connectivity index (χ2v) is 5.49. The predicted molar refractivity (Wildman–Crippen MR) is 51.5 cm³/mol. The third-order valence-electron chi connectivity index (χ3n) is 1.12. The average Bonchev–Trinajstić information content (AvgIpc) is 1.82. The van der Waals surface area contributed by atoms with Crippen LogP contribution in [0.2, 0.25) is 0 Å². The molecule has 1 aromatic rings. The second kappa shape index (κ2) is 3.35. The molecular formula is C9H13NOS. The zero-order valence-corrected chi connectivity index (χ0v) is 8.35. The first kappa shape index (κ1) is 9.39. The molecule has 1 aromatic heterocycles. The second-order valence-electron chi connectivity index (χ2n) is 3.59. The average molecular weight is 183 g/mol. The zero-order valence-electron chi connectivity index (χ0n) is 7.53. The van der Waals surface area contributed by atoms with Crippen LogP contribution in [0.3, 0.4) is 0 Å². The summed E-state index contributed by atoms with van der Waals surface area (Å²) in [6, 6.07) is 1.73.